The third-order valence-corrected chi connectivity index (χ3v) is 6.05. The Kier molecular flexibility index (Phi) is 6.74. The molecule has 0 aromatic heterocycles. The Morgan fingerprint density at radius 2 is 1.73 bits per heavy atom. The number of carbonyl (C=O) groups is 4. The summed E-state index contributed by atoms with van der Waals surface area (Å²) >= 11 is 0. The Bertz CT molecular complexity index is 829. The number of imide groups is 1. The molecule has 1 saturated carbocycles. The minimum atomic E-state index is -0.810. The van der Waals surface area contributed by atoms with Crippen molar-refractivity contribution in [2.45, 2.75) is 59.0 Å². The summed E-state index contributed by atoms with van der Waals surface area (Å²) in [6.07, 6.45) is 2.53. The molecule has 1 aliphatic carbocycles. The van der Waals surface area contributed by atoms with Crippen LogP contribution < -0.4 is 15.6 Å². The van der Waals surface area contributed by atoms with Crippen LogP contribution in [0.2, 0.25) is 0 Å². The maximum atomic E-state index is 12.4. The zero-order valence-corrected chi connectivity index (χ0v) is 17.7. The molecular formula is C22H29N3O5. The number of carbonyl (C=O) groups excluding carboxylic acids is 4. The van der Waals surface area contributed by atoms with Gasteiger partial charge in [-0.1, -0.05) is 25.0 Å². The van der Waals surface area contributed by atoms with Crippen molar-refractivity contribution in [1.82, 2.24) is 15.8 Å². The first kappa shape index (κ1) is 21.8. The molecule has 30 heavy (non-hydrogen) atoms. The van der Waals surface area contributed by atoms with Crippen molar-refractivity contribution >= 4 is 23.6 Å². The van der Waals surface area contributed by atoms with Gasteiger partial charge in [-0.15, -0.1) is 0 Å². The Hall–Kier alpha value is -2.90. The first-order valence-corrected chi connectivity index (χ1v) is 10.5. The number of aryl methyl sites for hydroxylation is 1. The second-order valence-corrected chi connectivity index (χ2v) is 8.07. The van der Waals surface area contributed by atoms with Crippen molar-refractivity contribution in [2.24, 2.45) is 11.8 Å². The van der Waals surface area contributed by atoms with Gasteiger partial charge in [0.25, 0.3) is 5.91 Å². The van der Waals surface area contributed by atoms with Crippen LogP contribution in [0.5, 0.6) is 5.75 Å². The van der Waals surface area contributed by atoms with Gasteiger partial charge in [-0.05, 0) is 50.8 Å². The fourth-order valence-electron chi connectivity index (χ4n) is 4.06. The van der Waals surface area contributed by atoms with Gasteiger partial charge >= 0.3 is 0 Å². The molecule has 1 aliphatic heterocycles. The van der Waals surface area contributed by atoms with E-state index in [1.54, 1.807) is 13.0 Å². The largest absolute Gasteiger partial charge is 0.481 e. The lowest BCUT2D eigenvalue weighted by Gasteiger charge is -2.19. The lowest BCUT2D eigenvalue weighted by Crippen LogP contribution is -2.48. The van der Waals surface area contributed by atoms with E-state index < -0.39 is 17.9 Å². The number of nitrogens with zero attached hydrogens (tertiary/aromatic N) is 1. The smallest absolute Gasteiger partial charge is 0.279 e. The van der Waals surface area contributed by atoms with E-state index in [9.17, 15) is 19.2 Å². The molecule has 162 valence electrons. The molecule has 8 nitrogen and oxygen atoms in total. The minimum absolute atomic E-state index is 0.0287. The Labute approximate surface area is 176 Å². The molecule has 8 heteroatoms. The number of fused-ring (bicyclic) bond motifs is 1. The van der Waals surface area contributed by atoms with Crippen LogP contribution in [-0.4, -0.2) is 41.2 Å². The van der Waals surface area contributed by atoms with Gasteiger partial charge in [0, 0.05) is 13.0 Å². The lowest BCUT2D eigenvalue weighted by atomic mass is 9.81. The van der Waals surface area contributed by atoms with Crippen molar-refractivity contribution in [3.8, 4) is 5.75 Å². The maximum absolute atomic E-state index is 12.4. The molecule has 1 heterocycles. The number of hydrazine groups is 1. The van der Waals surface area contributed by atoms with Crippen molar-refractivity contribution in [3.63, 3.8) is 0 Å². The predicted molar refractivity (Wildman–Crippen MR) is 109 cm³/mol. The Morgan fingerprint density at radius 3 is 2.37 bits per heavy atom. The van der Waals surface area contributed by atoms with Crippen molar-refractivity contribution in [1.29, 1.82) is 0 Å². The number of benzene rings is 1. The summed E-state index contributed by atoms with van der Waals surface area (Å²) in [4.78, 5) is 50.4. The van der Waals surface area contributed by atoms with Crippen LogP contribution in [0.3, 0.4) is 0 Å². The highest BCUT2D eigenvalue weighted by Crippen LogP contribution is 2.37. The summed E-state index contributed by atoms with van der Waals surface area (Å²) in [6.45, 7) is 5.49. The molecular weight excluding hydrogens is 386 g/mol. The Balaban J connectivity index is 1.44. The molecule has 1 aromatic rings. The quantitative estimate of drug-likeness (QED) is 0.544. The summed E-state index contributed by atoms with van der Waals surface area (Å²) in [5, 5.41) is 0. The van der Waals surface area contributed by atoms with E-state index in [1.165, 1.54) is 4.90 Å². The number of hydrogen-bond donors (Lipinski definition) is 2. The van der Waals surface area contributed by atoms with E-state index in [1.807, 2.05) is 26.0 Å². The van der Waals surface area contributed by atoms with Crippen LogP contribution in [0.1, 0.15) is 50.2 Å². The minimum Gasteiger partial charge on any atom is -0.481 e. The van der Waals surface area contributed by atoms with Crippen molar-refractivity contribution < 1.29 is 23.9 Å². The van der Waals surface area contributed by atoms with Crippen molar-refractivity contribution in [3.05, 3.63) is 29.3 Å². The zero-order chi connectivity index (χ0) is 21.8. The van der Waals surface area contributed by atoms with E-state index in [0.29, 0.717) is 5.75 Å². The third-order valence-electron chi connectivity index (χ3n) is 6.05. The summed E-state index contributed by atoms with van der Waals surface area (Å²) in [5.41, 5.74) is 6.66. The molecule has 0 spiro atoms. The molecule has 3 atom stereocenters. The van der Waals surface area contributed by atoms with Crippen LogP contribution in [0.4, 0.5) is 0 Å². The van der Waals surface area contributed by atoms with E-state index in [2.05, 4.69) is 10.9 Å². The van der Waals surface area contributed by atoms with Crippen LogP contribution in [0.25, 0.3) is 0 Å². The fourth-order valence-corrected chi connectivity index (χ4v) is 4.06. The molecule has 2 aliphatic rings. The van der Waals surface area contributed by atoms with Crippen LogP contribution in [0, 0.1) is 25.7 Å². The highest BCUT2D eigenvalue weighted by Gasteiger charge is 2.47. The fraction of sp³-hybridized carbons (Fsp3) is 0.545. The molecule has 1 saturated heterocycles. The molecule has 2 fully saturated rings. The predicted octanol–water partition coefficient (Wildman–Crippen LogP) is 1.78. The van der Waals surface area contributed by atoms with E-state index in [-0.39, 0.29) is 36.6 Å². The van der Waals surface area contributed by atoms with Crippen LogP contribution in [-0.2, 0) is 19.2 Å². The summed E-state index contributed by atoms with van der Waals surface area (Å²) in [5.74, 6) is -1.15. The average molecular weight is 415 g/mol. The molecule has 0 bridgehead atoms. The van der Waals surface area contributed by atoms with E-state index >= 15 is 0 Å². The van der Waals surface area contributed by atoms with Gasteiger partial charge in [0.2, 0.25) is 17.7 Å². The molecule has 0 unspecified atom stereocenters. The van der Waals surface area contributed by atoms with Gasteiger partial charge in [0.05, 0.1) is 11.8 Å². The number of ether oxygens (including phenoxy) is 1. The Morgan fingerprint density at radius 1 is 1.10 bits per heavy atom. The molecule has 2 N–H and O–H groups in total. The van der Waals surface area contributed by atoms with Gasteiger partial charge in [-0.2, -0.15) is 0 Å². The second kappa shape index (κ2) is 9.28. The van der Waals surface area contributed by atoms with Crippen molar-refractivity contribution in [2.75, 3.05) is 6.54 Å². The topological polar surface area (TPSA) is 105 Å². The number of amides is 4. The number of hydrogen-bond acceptors (Lipinski definition) is 5. The molecule has 4 amide bonds. The van der Waals surface area contributed by atoms with Gasteiger partial charge in [0.1, 0.15) is 5.75 Å². The SMILES string of the molecule is Cc1cccc(O[C@@H](C)C(=O)NNC(=O)CCN2C(=O)[C@H]3CCCC[C@H]3C2=O)c1C. The first-order chi connectivity index (χ1) is 14.3. The zero-order valence-electron chi connectivity index (χ0n) is 17.7. The number of rotatable bonds is 6. The third kappa shape index (κ3) is 4.63. The van der Waals surface area contributed by atoms with Crippen LogP contribution in [0.15, 0.2) is 18.2 Å². The van der Waals surface area contributed by atoms with E-state index in [0.717, 1.165) is 36.8 Å². The van der Waals surface area contributed by atoms with Gasteiger partial charge in [-0.25, -0.2) is 0 Å². The van der Waals surface area contributed by atoms with Gasteiger partial charge in [0.15, 0.2) is 6.10 Å². The highest BCUT2D eigenvalue weighted by atomic mass is 16.5. The summed E-state index contributed by atoms with van der Waals surface area (Å²) in [6, 6.07) is 5.59. The monoisotopic (exact) mass is 415 g/mol. The van der Waals surface area contributed by atoms with Crippen LogP contribution >= 0.6 is 0 Å². The average Bonchev–Trinajstić information content (AvgIpc) is 2.98. The normalized spacial score (nSPS) is 21.8. The highest BCUT2D eigenvalue weighted by molar-refractivity contribution is 6.05. The van der Waals surface area contributed by atoms with Gasteiger partial charge < -0.3 is 4.74 Å². The standard InChI is InChI=1S/C22H29N3O5/c1-13-7-6-10-18(14(13)2)30-15(3)20(27)24-23-19(26)11-12-25-21(28)16-8-4-5-9-17(16)22(25)29/h6-7,10,15-17H,4-5,8-9,11-12H2,1-3H3,(H,23,26)(H,24,27)/t15-,16-,17+/m0/s1. The molecule has 1 aromatic carbocycles. The number of likely N-dealkylation sites (tertiary alicyclic amines) is 1. The maximum Gasteiger partial charge on any atom is 0.279 e. The molecule has 0 radical (unpaired) electrons. The van der Waals surface area contributed by atoms with Gasteiger partial charge in [-0.3, -0.25) is 34.9 Å². The lowest BCUT2D eigenvalue weighted by molar-refractivity contribution is -0.140. The number of nitrogens with one attached hydrogen (secondary N) is 2. The summed E-state index contributed by atoms with van der Waals surface area (Å²) in [7, 11) is 0. The second-order valence-electron chi connectivity index (χ2n) is 8.07. The molecule has 3 rings (SSSR count). The first-order valence-electron chi connectivity index (χ1n) is 10.5. The summed E-state index contributed by atoms with van der Waals surface area (Å²) < 4.78 is 5.68. The van der Waals surface area contributed by atoms with E-state index in [4.69, 9.17) is 4.74 Å².